The lowest BCUT2D eigenvalue weighted by molar-refractivity contribution is -0.121. The number of carbonyl (C=O) groups is 1. The largest absolute Gasteiger partial charge is 0.351 e. The number of amides is 1. The minimum atomic E-state index is -0.268. The highest BCUT2D eigenvalue weighted by Crippen LogP contribution is 2.32. The highest BCUT2D eigenvalue weighted by molar-refractivity contribution is 8.00. The van der Waals surface area contributed by atoms with Gasteiger partial charge in [0.15, 0.2) is 0 Å². The zero-order chi connectivity index (χ0) is 16.1. The fraction of sp³-hybridized carbons (Fsp3) is 0.333. The van der Waals surface area contributed by atoms with Crippen molar-refractivity contribution in [3.8, 4) is 0 Å². The second kappa shape index (κ2) is 7.90. The molecular weight excluding hydrogens is 341 g/mol. The SMILES string of the molecule is C[C@H](Cn1cccn1)NC(=O)[C@@H](C)Sc1cc(Cl)ccc1Cl. The van der Waals surface area contributed by atoms with Gasteiger partial charge in [-0.2, -0.15) is 5.10 Å². The van der Waals surface area contributed by atoms with Crippen LogP contribution in [-0.4, -0.2) is 27.0 Å². The summed E-state index contributed by atoms with van der Waals surface area (Å²) in [5, 5.41) is 8.03. The molecule has 2 atom stereocenters. The van der Waals surface area contributed by atoms with Gasteiger partial charge in [0.1, 0.15) is 0 Å². The van der Waals surface area contributed by atoms with Crippen LogP contribution in [0.5, 0.6) is 0 Å². The van der Waals surface area contributed by atoms with E-state index in [-0.39, 0.29) is 17.2 Å². The molecule has 0 radical (unpaired) electrons. The van der Waals surface area contributed by atoms with Crippen molar-refractivity contribution in [2.45, 2.75) is 36.6 Å². The van der Waals surface area contributed by atoms with Gasteiger partial charge in [0, 0.05) is 28.4 Å². The van der Waals surface area contributed by atoms with Crippen molar-refractivity contribution in [1.29, 1.82) is 0 Å². The number of halogens is 2. The molecule has 118 valence electrons. The number of nitrogens with zero attached hydrogens (tertiary/aromatic N) is 2. The van der Waals surface area contributed by atoms with Crippen molar-refractivity contribution in [1.82, 2.24) is 15.1 Å². The van der Waals surface area contributed by atoms with E-state index in [1.807, 2.05) is 26.1 Å². The van der Waals surface area contributed by atoms with Gasteiger partial charge in [0.2, 0.25) is 5.91 Å². The van der Waals surface area contributed by atoms with E-state index in [4.69, 9.17) is 23.2 Å². The summed E-state index contributed by atoms with van der Waals surface area (Å²) in [6.07, 6.45) is 3.58. The molecule has 22 heavy (non-hydrogen) atoms. The monoisotopic (exact) mass is 357 g/mol. The van der Waals surface area contributed by atoms with Crippen LogP contribution in [0.1, 0.15) is 13.8 Å². The molecule has 0 saturated carbocycles. The Morgan fingerprint density at radius 3 is 2.86 bits per heavy atom. The van der Waals surface area contributed by atoms with E-state index in [2.05, 4.69) is 10.4 Å². The highest BCUT2D eigenvalue weighted by Gasteiger charge is 2.18. The highest BCUT2D eigenvalue weighted by atomic mass is 35.5. The Balaban J connectivity index is 1.90. The predicted octanol–water partition coefficient (Wildman–Crippen LogP) is 3.88. The molecule has 0 aliphatic heterocycles. The van der Waals surface area contributed by atoms with Gasteiger partial charge in [-0.1, -0.05) is 23.2 Å². The molecule has 1 aromatic carbocycles. The first-order chi connectivity index (χ1) is 10.5. The molecule has 7 heteroatoms. The average Bonchev–Trinajstić information content (AvgIpc) is 2.95. The molecule has 0 aliphatic rings. The van der Waals surface area contributed by atoms with Crippen LogP contribution in [0.3, 0.4) is 0 Å². The Morgan fingerprint density at radius 2 is 2.18 bits per heavy atom. The summed E-state index contributed by atoms with van der Waals surface area (Å²) < 4.78 is 1.79. The van der Waals surface area contributed by atoms with Gasteiger partial charge in [-0.15, -0.1) is 11.8 Å². The maximum absolute atomic E-state index is 12.2. The Morgan fingerprint density at radius 1 is 1.41 bits per heavy atom. The maximum atomic E-state index is 12.2. The molecule has 1 N–H and O–H groups in total. The van der Waals surface area contributed by atoms with Crippen LogP contribution in [0.15, 0.2) is 41.6 Å². The fourth-order valence-electron chi connectivity index (χ4n) is 1.91. The van der Waals surface area contributed by atoms with E-state index in [9.17, 15) is 4.79 Å². The maximum Gasteiger partial charge on any atom is 0.233 e. The van der Waals surface area contributed by atoms with Gasteiger partial charge in [-0.3, -0.25) is 9.48 Å². The molecule has 0 aliphatic carbocycles. The van der Waals surface area contributed by atoms with Crippen LogP contribution < -0.4 is 5.32 Å². The Labute approximate surface area is 144 Å². The standard InChI is InChI=1S/C15H17Cl2N3OS/c1-10(9-20-7-3-6-18-20)19-15(21)11(2)22-14-8-12(16)4-5-13(14)17/h3-8,10-11H,9H2,1-2H3,(H,19,21)/t10-,11-/m1/s1. The summed E-state index contributed by atoms with van der Waals surface area (Å²) in [6.45, 7) is 4.43. The summed E-state index contributed by atoms with van der Waals surface area (Å²) in [5.41, 5.74) is 0. The van der Waals surface area contributed by atoms with Crippen LogP contribution in [0, 0.1) is 0 Å². The molecule has 1 heterocycles. The lowest BCUT2D eigenvalue weighted by Gasteiger charge is -2.18. The third-order valence-electron chi connectivity index (χ3n) is 2.97. The third kappa shape index (κ3) is 4.93. The number of aromatic nitrogens is 2. The summed E-state index contributed by atoms with van der Waals surface area (Å²) in [6, 6.07) is 7.08. The van der Waals surface area contributed by atoms with Crippen molar-refractivity contribution < 1.29 is 4.79 Å². The van der Waals surface area contributed by atoms with Crippen LogP contribution in [0.25, 0.3) is 0 Å². The quantitative estimate of drug-likeness (QED) is 0.798. The van der Waals surface area contributed by atoms with E-state index >= 15 is 0 Å². The third-order valence-corrected chi connectivity index (χ3v) is 4.81. The van der Waals surface area contributed by atoms with Gasteiger partial charge in [0.25, 0.3) is 0 Å². The molecule has 0 spiro atoms. The molecule has 4 nitrogen and oxygen atoms in total. The molecule has 1 aromatic heterocycles. The van der Waals surface area contributed by atoms with Crippen molar-refractivity contribution in [3.63, 3.8) is 0 Å². The smallest absolute Gasteiger partial charge is 0.233 e. The van der Waals surface area contributed by atoms with E-state index in [1.165, 1.54) is 11.8 Å². The van der Waals surface area contributed by atoms with Gasteiger partial charge < -0.3 is 5.32 Å². The number of rotatable bonds is 6. The van der Waals surface area contributed by atoms with Gasteiger partial charge in [0.05, 0.1) is 16.8 Å². The minimum Gasteiger partial charge on any atom is -0.351 e. The van der Waals surface area contributed by atoms with Crippen LogP contribution in [-0.2, 0) is 11.3 Å². The second-order valence-electron chi connectivity index (χ2n) is 4.97. The Bertz CT molecular complexity index is 634. The number of carbonyl (C=O) groups excluding carboxylic acids is 1. The van der Waals surface area contributed by atoms with Gasteiger partial charge in [-0.25, -0.2) is 0 Å². The lowest BCUT2D eigenvalue weighted by Crippen LogP contribution is -2.39. The first kappa shape index (κ1) is 17.2. The molecular formula is C15H17Cl2N3OS. The Hall–Kier alpha value is -1.17. The first-order valence-electron chi connectivity index (χ1n) is 6.85. The number of benzene rings is 1. The van der Waals surface area contributed by atoms with Crippen LogP contribution in [0.2, 0.25) is 10.0 Å². The zero-order valence-electron chi connectivity index (χ0n) is 12.3. The van der Waals surface area contributed by atoms with Crippen molar-refractivity contribution in [3.05, 3.63) is 46.7 Å². The molecule has 2 rings (SSSR count). The average molecular weight is 358 g/mol. The zero-order valence-corrected chi connectivity index (χ0v) is 14.6. The molecule has 0 saturated heterocycles. The van der Waals surface area contributed by atoms with Crippen molar-refractivity contribution in [2.75, 3.05) is 0 Å². The normalized spacial score (nSPS) is 13.6. The molecule has 0 bridgehead atoms. The van der Waals surface area contributed by atoms with Gasteiger partial charge >= 0.3 is 0 Å². The molecule has 0 unspecified atom stereocenters. The predicted molar refractivity (Wildman–Crippen MR) is 91.6 cm³/mol. The van der Waals surface area contributed by atoms with Gasteiger partial charge in [-0.05, 0) is 38.1 Å². The minimum absolute atomic E-state index is 0.00900. The number of hydrogen-bond acceptors (Lipinski definition) is 3. The van der Waals surface area contributed by atoms with Crippen molar-refractivity contribution in [2.24, 2.45) is 0 Å². The van der Waals surface area contributed by atoms with E-state index in [0.717, 1.165) is 4.90 Å². The fourth-order valence-corrected chi connectivity index (χ4v) is 3.33. The molecule has 0 fully saturated rings. The molecule has 1 amide bonds. The number of thioether (sulfide) groups is 1. The number of hydrogen-bond donors (Lipinski definition) is 1. The Kier molecular flexibility index (Phi) is 6.17. The van der Waals surface area contributed by atoms with E-state index in [0.29, 0.717) is 16.6 Å². The summed E-state index contributed by atoms with van der Waals surface area (Å²) in [5.74, 6) is -0.0410. The summed E-state index contributed by atoms with van der Waals surface area (Å²) >= 11 is 13.5. The second-order valence-corrected chi connectivity index (χ2v) is 7.20. The topological polar surface area (TPSA) is 46.9 Å². The first-order valence-corrected chi connectivity index (χ1v) is 8.49. The molecule has 2 aromatic rings. The summed E-state index contributed by atoms with van der Waals surface area (Å²) in [7, 11) is 0. The number of nitrogens with one attached hydrogen (secondary N) is 1. The van der Waals surface area contributed by atoms with E-state index < -0.39 is 0 Å². The van der Waals surface area contributed by atoms with E-state index in [1.54, 1.807) is 29.1 Å². The lowest BCUT2D eigenvalue weighted by atomic mass is 10.3. The van der Waals surface area contributed by atoms with Crippen LogP contribution >= 0.6 is 35.0 Å². The summed E-state index contributed by atoms with van der Waals surface area (Å²) in [4.78, 5) is 13.0. The van der Waals surface area contributed by atoms with Crippen molar-refractivity contribution >= 4 is 40.9 Å². The van der Waals surface area contributed by atoms with Crippen LogP contribution in [0.4, 0.5) is 0 Å².